The van der Waals surface area contributed by atoms with E-state index in [1.807, 2.05) is 24.3 Å². The van der Waals surface area contributed by atoms with E-state index in [2.05, 4.69) is 4.99 Å². The molecule has 1 aliphatic heterocycles. The minimum Gasteiger partial charge on any atom is -0.497 e. The molecule has 0 aromatic heterocycles. The van der Waals surface area contributed by atoms with E-state index in [0.717, 1.165) is 5.75 Å². The van der Waals surface area contributed by atoms with Gasteiger partial charge in [0.15, 0.2) is 0 Å². The highest BCUT2D eigenvalue weighted by Crippen LogP contribution is 2.26. The van der Waals surface area contributed by atoms with Gasteiger partial charge in [-0.05, 0) is 60.7 Å². The lowest BCUT2D eigenvalue weighted by molar-refractivity contribution is 0.242. The molecule has 1 heterocycles. The van der Waals surface area contributed by atoms with Crippen LogP contribution in [0.15, 0.2) is 71.7 Å². The molecule has 30 heavy (non-hydrogen) atoms. The first-order valence-corrected chi connectivity index (χ1v) is 9.32. The standard InChI is InChI=1S/C23H19F2NO4/c1-27-16-5-9-18(10-6-16)30-19-11-7-17(8-12-19)28-13-15-14-29-23(26-15)22-20(24)3-2-4-21(22)25/h2-12,15H,13-14H2,1H3. The summed E-state index contributed by atoms with van der Waals surface area (Å²) in [6, 6.07) is 17.7. The maximum atomic E-state index is 13.9. The number of rotatable bonds is 7. The number of hydrogen-bond donors (Lipinski definition) is 0. The molecule has 3 aromatic carbocycles. The van der Waals surface area contributed by atoms with Crippen LogP contribution in [0, 0.1) is 11.6 Å². The number of nitrogens with zero attached hydrogens (tertiary/aromatic N) is 1. The Morgan fingerprint density at radius 2 is 1.43 bits per heavy atom. The Balaban J connectivity index is 1.33. The lowest BCUT2D eigenvalue weighted by Crippen LogP contribution is -2.16. The number of benzene rings is 3. The van der Waals surface area contributed by atoms with Crippen molar-refractivity contribution in [3.8, 4) is 23.0 Å². The molecule has 7 heteroatoms. The summed E-state index contributed by atoms with van der Waals surface area (Å²) in [6.07, 6.45) is 0. The zero-order valence-electron chi connectivity index (χ0n) is 16.2. The molecule has 0 spiro atoms. The van der Waals surface area contributed by atoms with Crippen molar-refractivity contribution >= 4 is 5.90 Å². The molecule has 1 atom stereocenters. The van der Waals surface area contributed by atoms with Crippen molar-refractivity contribution in [3.63, 3.8) is 0 Å². The molecule has 0 N–H and O–H groups in total. The molecule has 0 aliphatic carbocycles. The summed E-state index contributed by atoms with van der Waals surface area (Å²) in [4.78, 5) is 4.24. The van der Waals surface area contributed by atoms with E-state index in [1.165, 1.54) is 18.2 Å². The first-order chi connectivity index (χ1) is 14.6. The van der Waals surface area contributed by atoms with Gasteiger partial charge in [0.1, 0.15) is 59.5 Å². The van der Waals surface area contributed by atoms with Gasteiger partial charge in [-0.25, -0.2) is 13.8 Å². The topological polar surface area (TPSA) is 49.3 Å². The van der Waals surface area contributed by atoms with Gasteiger partial charge < -0.3 is 18.9 Å². The summed E-state index contributed by atoms with van der Waals surface area (Å²) in [6.45, 7) is 0.417. The molecular weight excluding hydrogens is 392 g/mol. The van der Waals surface area contributed by atoms with Gasteiger partial charge in [-0.2, -0.15) is 0 Å². The summed E-state index contributed by atoms with van der Waals surface area (Å²) in [5, 5.41) is 0. The predicted molar refractivity (Wildman–Crippen MR) is 108 cm³/mol. The summed E-state index contributed by atoms with van der Waals surface area (Å²) in [5.41, 5.74) is -0.250. The van der Waals surface area contributed by atoms with Crippen molar-refractivity contribution in [3.05, 3.63) is 83.9 Å². The molecule has 4 rings (SSSR count). The number of ether oxygens (including phenoxy) is 4. The van der Waals surface area contributed by atoms with Crippen LogP contribution in [0.25, 0.3) is 0 Å². The maximum Gasteiger partial charge on any atom is 0.222 e. The van der Waals surface area contributed by atoms with Crippen LogP contribution in [0.1, 0.15) is 5.56 Å². The fraction of sp³-hybridized carbons (Fsp3) is 0.174. The van der Waals surface area contributed by atoms with Crippen LogP contribution in [0.4, 0.5) is 8.78 Å². The van der Waals surface area contributed by atoms with Crippen LogP contribution in [-0.2, 0) is 4.74 Å². The third-order valence-corrected chi connectivity index (χ3v) is 4.45. The molecule has 1 aliphatic rings. The molecule has 0 radical (unpaired) electrons. The van der Waals surface area contributed by atoms with Gasteiger partial charge in [0.05, 0.1) is 7.11 Å². The van der Waals surface area contributed by atoms with Crippen molar-refractivity contribution < 1.29 is 27.7 Å². The Hall–Kier alpha value is -3.61. The third kappa shape index (κ3) is 4.51. The molecule has 1 unspecified atom stereocenters. The Kier molecular flexibility index (Phi) is 5.79. The third-order valence-electron chi connectivity index (χ3n) is 4.45. The van der Waals surface area contributed by atoms with E-state index in [1.54, 1.807) is 31.4 Å². The van der Waals surface area contributed by atoms with Gasteiger partial charge >= 0.3 is 0 Å². The monoisotopic (exact) mass is 411 g/mol. The number of halogens is 2. The van der Waals surface area contributed by atoms with E-state index in [-0.39, 0.29) is 30.7 Å². The van der Waals surface area contributed by atoms with Gasteiger partial charge in [0.2, 0.25) is 5.90 Å². The molecule has 0 saturated carbocycles. The Bertz CT molecular complexity index is 1020. The van der Waals surface area contributed by atoms with Crippen LogP contribution < -0.4 is 14.2 Å². The zero-order valence-corrected chi connectivity index (χ0v) is 16.2. The van der Waals surface area contributed by atoms with Crippen LogP contribution in [-0.4, -0.2) is 32.3 Å². The van der Waals surface area contributed by atoms with Crippen molar-refractivity contribution in [1.82, 2.24) is 0 Å². The van der Waals surface area contributed by atoms with E-state index in [9.17, 15) is 8.78 Å². The fourth-order valence-electron chi connectivity index (χ4n) is 2.92. The first kappa shape index (κ1) is 19.7. The van der Waals surface area contributed by atoms with Crippen molar-refractivity contribution in [2.24, 2.45) is 4.99 Å². The Morgan fingerprint density at radius 1 is 0.867 bits per heavy atom. The summed E-state index contributed by atoms with van der Waals surface area (Å²) >= 11 is 0. The summed E-state index contributed by atoms with van der Waals surface area (Å²) in [7, 11) is 1.61. The number of methoxy groups -OCH3 is 1. The minimum atomic E-state index is -0.706. The van der Waals surface area contributed by atoms with Crippen molar-refractivity contribution in [1.29, 1.82) is 0 Å². The largest absolute Gasteiger partial charge is 0.497 e. The molecule has 0 bridgehead atoms. The highest BCUT2D eigenvalue weighted by Gasteiger charge is 2.25. The predicted octanol–water partition coefficient (Wildman–Crippen LogP) is 4.99. The average Bonchev–Trinajstić information content (AvgIpc) is 3.22. The van der Waals surface area contributed by atoms with Gasteiger partial charge in [0.25, 0.3) is 0 Å². The molecule has 0 fully saturated rings. The zero-order chi connectivity index (χ0) is 20.9. The number of aliphatic imine (C=N–C) groups is 1. The normalized spacial score (nSPS) is 15.3. The second-order valence-corrected chi connectivity index (χ2v) is 6.56. The molecule has 154 valence electrons. The van der Waals surface area contributed by atoms with Gasteiger partial charge in [-0.1, -0.05) is 6.07 Å². The van der Waals surface area contributed by atoms with Gasteiger partial charge in [-0.15, -0.1) is 0 Å². The van der Waals surface area contributed by atoms with Crippen LogP contribution >= 0.6 is 0 Å². The van der Waals surface area contributed by atoms with Crippen molar-refractivity contribution in [2.75, 3.05) is 20.3 Å². The molecule has 0 saturated heterocycles. The highest BCUT2D eigenvalue weighted by atomic mass is 19.1. The lowest BCUT2D eigenvalue weighted by atomic mass is 10.2. The van der Waals surface area contributed by atoms with E-state index < -0.39 is 11.6 Å². The van der Waals surface area contributed by atoms with Crippen LogP contribution in [0.2, 0.25) is 0 Å². The van der Waals surface area contributed by atoms with Crippen LogP contribution in [0.3, 0.4) is 0 Å². The van der Waals surface area contributed by atoms with Crippen molar-refractivity contribution in [2.45, 2.75) is 6.04 Å². The molecule has 0 amide bonds. The van der Waals surface area contributed by atoms with Gasteiger partial charge in [-0.3, -0.25) is 0 Å². The lowest BCUT2D eigenvalue weighted by Gasteiger charge is -2.10. The Morgan fingerprint density at radius 3 is 2.03 bits per heavy atom. The smallest absolute Gasteiger partial charge is 0.222 e. The second kappa shape index (κ2) is 8.82. The minimum absolute atomic E-state index is 0.0394. The van der Waals surface area contributed by atoms with Gasteiger partial charge in [0, 0.05) is 0 Å². The second-order valence-electron chi connectivity index (χ2n) is 6.56. The SMILES string of the molecule is COc1ccc(Oc2ccc(OCC3COC(c4c(F)cccc4F)=N3)cc2)cc1. The quantitative estimate of drug-likeness (QED) is 0.550. The van der Waals surface area contributed by atoms with Crippen LogP contribution in [0.5, 0.6) is 23.0 Å². The fourth-order valence-corrected chi connectivity index (χ4v) is 2.92. The Labute approximate surface area is 172 Å². The summed E-state index contributed by atoms with van der Waals surface area (Å²) < 4.78 is 49.7. The molecule has 3 aromatic rings. The maximum absolute atomic E-state index is 13.9. The van der Waals surface area contributed by atoms with E-state index >= 15 is 0 Å². The highest BCUT2D eigenvalue weighted by molar-refractivity contribution is 5.95. The number of hydrogen-bond acceptors (Lipinski definition) is 5. The average molecular weight is 411 g/mol. The summed E-state index contributed by atoms with van der Waals surface area (Å²) in [5.74, 6) is 1.28. The van der Waals surface area contributed by atoms with E-state index in [4.69, 9.17) is 18.9 Å². The molecular formula is C23H19F2NO4. The van der Waals surface area contributed by atoms with E-state index in [0.29, 0.717) is 17.2 Å². The first-order valence-electron chi connectivity index (χ1n) is 9.32. The molecule has 5 nitrogen and oxygen atoms in total.